The van der Waals surface area contributed by atoms with Crippen LogP contribution in [0.2, 0.25) is 0 Å². The van der Waals surface area contributed by atoms with Crippen LogP contribution in [0.15, 0.2) is 67.4 Å². The number of rotatable bonds is 4. The minimum Gasteiger partial charge on any atom is -0.371 e. The van der Waals surface area contributed by atoms with Gasteiger partial charge in [0.1, 0.15) is 11.5 Å². The van der Waals surface area contributed by atoms with Crippen LogP contribution in [-0.2, 0) is 0 Å². The van der Waals surface area contributed by atoms with Crippen LogP contribution in [-0.4, -0.2) is 48.2 Å². The minimum atomic E-state index is -0.267. The molecule has 1 saturated heterocycles. The van der Waals surface area contributed by atoms with Crippen molar-refractivity contribution in [3.05, 3.63) is 73.2 Å². The third-order valence-electron chi connectivity index (χ3n) is 7.37. The highest BCUT2D eigenvalue weighted by Gasteiger charge is 2.20. The number of nitrogens with zero attached hydrogens (tertiary/aromatic N) is 6. The van der Waals surface area contributed by atoms with Gasteiger partial charge in [-0.3, -0.25) is 15.1 Å². The second kappa shape index (κ2) is 9.02. The summed E-state index contributed by atoms with van der Waals surface area (Å²) in [6, 6.07) is 11.1. The molecule has 0 atom stereocenters. The number of imidazole rings is 1. The zero-order chi connectivity index (χ0) is 25.6. The van der Waals surface area contributed by atoms with Crippen LogP contribution in [0.3, 0.4) is 0 Å². The molecule has 0 bridgehead atoms. The van der Waals surface area contributed by atoms with E-state index < -0.39 is 0 Å². The fourth-order valence-corrected chi connectivity index (χ4v) is 5.21. The van der Waals surface area contributed by atoms with Gasteiger partial charge in [0.25, 0.3) is 0 Å². The Morgan fingerprint density at radius 3 is 2.68 bits per heavy atom. The van der Waals surface area contributed by atoms with Crippen LogP contribution in [0.1, 0.15) is 19.8 Å². The lowest BCUT2D eigenvalue weighted by atomic mass is 9.98. The highest BCUT2D eigenvalue weighted by Crippen LogP contribution is 2.34. The predicted octanol–water partition coefficient (Wildman–Crippen LogP) is 6.00. The van der Waals surface area contributed by atoms with Crippen LogP contribution in [0.5, 0.6) is 0 Å². The predicted molar refractivity (Wildman–Crippen MR) is 146 cm³/mol. The SMILES string of the molecule is CC1CCN(c2cc(F)cc(-c3cncc4[nH]c(-c5n[nH]c6ncc(-c7cccnc7)cc56)nc34)c2)CC1. The van der Waals surface area contributed by atoms with Crippen molar-refractivity contribution in [2.45, 2.75) is 19.8 Å². The highest BCUT2D eigenvalue weighted by atomic mass is 19.1. The number of hydrogen-bond donors (Lipinski definition) is 2. The Morgan fingerprint density at radius 2 is 1.84 bits per heavy atom. The molecule has 6 aromatic rings. The summed E-state index contributed by atoms with van der Waals surface area (Å²) in [5, 5.41) is 8.35. The Morgan fingerprint density at radius 1 is 0.947 bits per heavy atom. The first kappa shape index (κ1) is 22.5. The molecule has 0 saturated carbocycles. The Hall–Kier alpha value is -4.66. The Bertz CT molecular complexity index is 1770. The number of fused-ring (bicyclic) bond motifs is 2. The Kier molecular flexibility index (Phi) is 5.35. The monoisotopic (exact) mass is 504 g/mol. The number of piperidine rings is 1. The minimum absolute atomic E-state index is 0.267. The van der Waals surface area contributed by atoms with Crippen LogP contribution in [0.25, 0.3) is 55.8 Å². The van der Waals surface area contributed by atoms with E-state index in [1.807, 2.05) is 24.3 Å². The van der Waals surface area contributed by atoms with E-state index in [4.69, 9.17) is 4.98 Å². The summed E-state index contributed by atoms with van der Waals surface area (Å²) >= 11 is 0. The molecule has 1 aromatic carbocycles. The van der Waals surface area contributed by atoms with Gasteiger partial charge in [0.2, 0.25) is 0 Å². The van der Waals surface area contributed by atoms with E-state index in [-0.39, 0.29) is 5.82 Å². The molecule has 1 fully saturated rings. The summed E-state index contributed by atoms with van der Waals surface area (Å²) in [6.07, 6.45) is 11.0. The van der Waals surface area contributed by atoms with Gasteiger partial charge >= 0.3 is 0 Å². The average molecular weight is 505 g/mol. The third kappa shape index (κ3) is 3.96. The van der Waals surface area contributed by atoms with Crippen LogP contribution in [0, 0.1) is 11.7 Å². The van der Waals surface area contributed by atoms with Crippen molar-refractivity contribution >= 4 is 27.8 Å². The number of hydrogen-bond acceptors (Lipinski definition) is 6. The molecule has 7 rings (SSSR count). The van der Waals surface area contributed by atoms with Crippen molar-refractivity contribution in [1.29, 1.82) is 0 Å². The van der Waals surface area contributed by atoms with E-state index >= 15 is 0 Å². The number of nitrogens with one attached hydrogen (secondary N) is 2. The van der Waals surface area contributed by atoms with E-state index in [9.17, 15) is 4.39 Å². The maximum absolute atomic E-state index is 14.8. The van der Waals surface area contributed by atoms with Gasteiger partial charge in [-0.2, -0.15) is 5.10 Å². The summed E-state index contributed by atoms with van der Waals surface area (Å²) in [5.41, 5.74) is 7.11. The molecule has 9 heteroatoms. The average Bonchev–Trinajstić information content (AvgIpc) is 3.57. The van der Waals surface area contributed by atoms with Crippen molar-refractivity contribution in [1.82, 2.24) is 35.1 Å². The first-order chi connectivity index (χ1) is 18.6. The van der Waals surface area contributed by atoms with Crippen molar-refractivity contribution in [3.8, 4) is 33.8 Å². The number of pyridine rings is 3. The van der Waals surface area contributed by atoms with Gasteiger partial charge in [0.15, 0.2) is 11.5 Å². The smallest absolute Gasteiger partial charge is 0.159 e. The molecule has 1 aliphatic heterocycles. The van der Waals surface area contributed by atoms with Crippen molar-refractivity contribution < 1.29 is 4.39 Å². The zero-order valence-corrected chi connectivity index (χ0v) is 20.8. The topological polar surface area (TPSA) is 99.3 Å². The van der Waals surface area contributed by atoms with Gasteiger partial charge in [-0.15, -0.1) is 0 Å². The molecule has 0 aliphatic carbocycles. The maximum atomic E-state index is 14.8. The van der Waals surface area contributed by atoms with Crippen LogP contribution >= 0.6 is 0 Å². The number of aromatic amines is 2. The molecule has 0 spiro atoms. The number of benzene rings is 1. The fraction of sp³-hybridized carbons (Fsp3) is 0.207. The van der Waals surface area contributed by atoms with Gasteiger partial charge in [0.05, 0.1) is 22.6 Å². The third-order valence-corrected chi connectivity index (χ3v) is 7.37. The van der Waals surface area contributed by atoms with Crippen molar-refractivity contribution in [2.75, 3.05) is 18.0 Å². The number of H-pyrrole nitrogens is 2. The molecule has 6 heterocycles. The fourth-order valence-electron chi connectivity index (χ4n) is 5.21. The van der Waals surface area contributed by atoms with Gasteiger partial charge in [0, 0.05) is 60.3 Å². The number of halogens is 1. The van der Waals surface area contributed by atoms with Crippen LogP contribution < -0.4 is 4.90 Å². The second-order valence-electron chi connectivity index (χ2n) is 9.97. The largest absolute Gasteiger partial charge is 0.371 e. The van der Waals surface area contributed by atoms with Crippen molar-refractivity contribution in [2.24, 2.45) is 5.92 Å². The second-order valence-corrected chi connectivity index (χ2v) is 9.97. The van der Waals surface area contributed by atoms with Gasteiger partial charge < -0.3 is 9.88 Å². The normalized spacial score (nSPS) is 14.5. The van der Waals surface area contributed by atoms with Gasteiger partial charge in [-0.05, 0) is 54.7 Å². The molecule has 2 N–H and O–H groups in total. The molecule has 0 amide bonds. The van der Waals surface area contributed by atoms with E-state index in [0.717, 1.165) is 64.8 Å². The Balaban J connectivity index is 1.31. The molecule has 1 aliphatic rings. The lowest BCUT2D eigenvalue weighted by Gasteiger charge is -2.32. The summed E-state index contributed by atoms with van der Waals surface area (Å²) in [7, 11) is 0. The Labute approximate surface area is 218 Å². The van der Waals surface area contributed by atoms with E-state index in [1.165, 1.54) is 0 Å². The molecular weight excluding hydrogens is 479 g/mol. The quantitative estimate of drug-likeness (QED) is 0.305. The molecule has 0 unspecified atom stereocenters. The number of anilines is 1. The van der Waals surface area contributed by atoms with E-state index in [0.29, 0.717) is 28.6 Å². The molecular formula is C29H25FN8. The molecule has 38 heavy (non-hydrogen) atoms. The lowest BCUT2D eigenvalue weighted by Crippen LogP contribution is -2.32. The summed E-state index contributed by atoms with van der Waals surface area (Å²) in [5.74, 6) is 1.02. The first-order valence-electron chi connectivity index (χ1n) is 12.8. The van der Waals surface area contributed by atoms with Crippen molar-refractivity contribution in [3.63, 3.8) is 0 Å². The van der Waals surface area contributed by atoms with E-state index in [2.05, 4.69) is 42.0 Å². The lowest BCUT2D eigenvalue weighted by molar-refractivity contribution is 0.438. The molecule has 5 aromatic heterocycles. The summed E-state index contributed by atoms with van der Waals surface area (Å²) < 4.78 is 14.8. The van der Waals surface area contributed by atoms with Gasteiger partial charge in [-0.1, -0.05) is 13.0 Å². The molecule has 188 valence electrons. The maximum Gasteiger partial charge on any atom is 0.159 e. The standard InChI is InChI=1S/C29H25FN8/c1-17-4-7-38(8-5-17)22-10-19(9-21(30)12-22)24-15-32-16-25-26(24)35-29(34-25)27-23-11-20(14-33-28(23)37-36-27)18-3-2-6-31-13-18/h2-3,6,9-17H,4-5,7-8H2,1H3,(H,34,35)(H,33,36,37). The van der Waals surface area contributed by atoms with Gasteiger partial charge in [-0.25, -0.2) is 14.4 Å². The van der Waals surface area contributed by atoms with E-state index in [1.54, 1.807) is 43.1 Å². The summed E-state index contributed by atoms with van der Waals surface area (Å²) in [4.78, 5) is 23.7. The number of aromatic nitrogens is 7. The summed E-state index contributed by atoms with van der Waals surface area (Å²) in [6.45, 7) is 4.13. The van der Waals surface area contributed by atoms with Crippen LogP contribution in [0.4, 0.5) is 10.1 Å². The zero-order valence-electron chi connectivity index (χ0n) is 20.8. The highest BCUT2D eigenvalue weighted by molar-refractivity contribution is 5.97. The molecule has 0 radical (unpaired) electrons. The first-order valence-corrected chi connectivity index (χ1v) is 12.8. The molecule has 8 nitrogen and oxygen atoms in total.